The lowest BCUT2D eigenvalue weighted by atomic mass is 10.0. The number of hydrogen-bond donors (Lipinski definition) is 2. The second-order valence-electron chi connectivity index (χ2n) is 3.33. The normalized spacial score (nSPS) is 10.4. The third-order valence-corrected chi connectivity index (χ3v) is 2.78. The van der Waals surface area contributed by atoms with Gasteiger partial charge in [-0.1, -0.05) is 19.4 Å². The number of thiol groups is 1. The van der Waals surface area contributed by atoms with E-state index in [0.29, 0.717) is 5.75 Å². The maximum atomic E-state index is 9.45. The van der Waals surface area contributed by atoms with E-state index in [1.807, 2.05) is 6.07 Å². The lowest BCUT2D eigenvalue weighted by Gasteiger charge is -2.09. The molecule has 0 bridgehead atoms. The van der Waals surface area contributed by atoms with Gasteiger partial charge in [-0.2, -0.15) is 0 Å². The predicted octanol–water partition coefficient (Wildman–Crippen LogP) is 3.33. The standard InChI is InChI=1S/C11H16OS/c1-3-4-5-9-8(2)6-7-10(12)11(9)13/h6-7,12-13H,3-5H2,1-2H3. The molecule has 0 unspecified atom stereocenters. The van der Waals surface area contributed by atoms with E-state index < -0.39 is 0 Å². The fourth-order valence-electron chi connectivity index (χ4n) is 1.39. The number of aromatic hydroxyl groups is 1. The van der Waals surface area contributed by atoms with Crippen LogP contribution in [0.2, 0.25) is 0 Å². The van der Waals surface area contributed by atoms with Crippen molar-refractivity contribution < 1.29 is 5.11 Å². The van der Waals surface area contributed by atoms with Gasteiger partial charge >= 0.3 is 0 Å². The van der Waals surface area contributed by atoms with Crippen molar-refractivity contribution in [2.24, 2.45) is 0 Å². The predicted molar refractivity (Wildman–Crippen MR) is 58.7 cm³/mol. The van der Waals surface area contributed by atoms with Crippen LogP contribution in [0.5, 0.6) is 5.75 Å². The summed E-state index contributed by atoms with van der Waals surface area (Å²) in [7, 11) is 0. The van der Waals surface area contributed by atoms with Crippen LogP contribution in [0, 0.1) is 6.92 Å². The largest absolute Gasteiger partial charge is 0.507 e. The van der Waals surface area contributed by atoms with E-state index in [9.17, 15) is 5.11 Å². The van der Waals surface area contributed by atoms with Crippen molar-refractivity contribution in [3.05, 3.63) is 23.3 Å². The highest BCUT2D eigenvalue weighted by Gasteiger charge is 2.06. The molecule has 0 aliphatic carbocycles. The first-order valence-electron chi connectivity index (χ1n) is 4.67. The summed E-state index contributed by atoms with van der Waals surface area (Å²) in [5.74, 6) is 0.292. The molecule has 0 aliphatic rings. The first-order chi connectivity index (χ1) is 6.16. The highest BCUT2D eigenvalue weighted by Crippen LogP contribution is 2.28. The topological polar surface area (TPSA) is 20.2 Å². The number of phenolic OH excluding ortho intramolecular Hbond substituents is 1. The maximum Gasteiger partial charge on any atom is 0.129 e. The van der Waals surface area contributed by atoms with Gasteiger partial charge in [0.05, 0.1) is 0 Å². The average molecular weight is 196 g/mol. The summed E-state index contributed by atoms with van der Waals surface area (Å²) in [4.78, 5) is 0.744. The molecule has 1 aromatic rings. The molecule has 72 valence electrons. The Hall–Kier alpha value is -0.630. The van der Waals surface area contributed by atoms with Crippen molar-refractivity contribution in [1.82, 2.24) is 0 Å². The summed E-state index contributed by atoms with van der Waals surface area (Å²) < 4.78 is 0. The van der Waals surface area contributed by atoms with Gasteiger partial charge in [-0.3, -0.25) is 0 Å². The lowest BCUT2D eigenvalue weighted by Crippen LogP contribution is -1.91. The molecule has 0 aliphatic heterocycles. The van der Waals surface area contributed by atoms with Crippen molar-refractivity contribution in [2.45, 2.75) is 38.0 Å². The molecule has 1 aromatic carbocycles. The van der Waals surface area contributed by atoms with Crippen LogP contribution in [-0.4, -0.2) is 5.11 Å². The summed E-state index contributed by atoms with van der Waals surface area (Å²) in [6.07, 6.45) is 3.33. The monoisotopic (exact) mass is 196 g/mol. The Labute approximate surface area is 85.2 Å². The van der Waals surface area contributed by atoms with E-state index in [4.69, 9.17) is 0 Å². The fourth-order valence-corrected chi connectivity index (χ4v) is 1.76. The van der Waals surface area contributed by atoms with Gasteiger partial charge in [-0.25, -0.2) is 0 Å². The first-order valence-corrected chi connectivity index (χ1v) is 5.12. The van der Waals surface area contributed by atoms with E-state index >= 15 is 0 Å². The fraction of sp³-hybridized carbons (Fsp3) is 0.455. The second kappa shape index (κ2) is 4.56. The van der Waals surface area contributed by atoms with Crippen LogP contribution in [0.1, 0.15) is 30.9 Å². The molecule has 1 nitrogen and oxygen atoms in total. The van der Waals surface area contributed by atoms with Crippen molar-refractivity contribution in [3.63, 3.8) is 0 Å². The molecule has 0 heterocycles. The van der Waals surface area contributed by atoms with Gasteiger partial charge in [0.25, 0.3) is 0 Å². The van der Waals surface area contributed by atoms with Crippen LogP contribution < -0.4 is 0 Å². The van der Waals surface area contributed by atoms with Gasteiger partial charge in [0, 0.05) is 4.90 Å². The van der Waals surface area contributed by atoms with Crippen molar-refractivity contribution in [1.29, 1.82) is 0 Å². The molecule has 1 rings (SSSR count). The third-order valence-electron chi connectivity index (χ3n) is 2.28. The number of benzene rings is 1. The maximum absolute atomic E-state index is 9.45. The number of aryl methyl sites for hydroxylation is 1. The van der Waals surface area contributed by atoms with Gasteiger partial charge in [0.2, 0.25) is 0 Å². The van der Waals surface area contributed by atoms with Crippen LogP contribution >= 0.6 is 12.6 Å². The minimum Gasteiger partial charge on any atom is -0.507 e. The highest BCUT2D eigenvalue weighted by atomic mass is 32.1. The molecule has 0 atom stereocenters. The Morgan fingerprint density at radius 2 is 2.08 bits per heavy atom. The molecule has 0 spiro atoms. The Bertz CT molecular complexity index is 294. The van der Waals surface area contributed by atoms with Crippen molar-refractivity contribution in [3.8, 4) is 5.75 Å². The minimum atomic E-state index is 0.292. The Morgan fingerprint density at radius 3 is 2.69 bits per heavy atom. The zero-order valence-electron chi connectivity index (χ0n) is 8.17. The molecule has 0 amide bonds. The summed E-state index contributed by atoms with van der Waals surface area (Å²) in [6.45, 7) is 4.22. The Kier molecular flexibility index (Phi) is 3.67. The SMILES string of the molecule is CCCCc1c(C)ccc(O)c1S. The van der Waals surface area contributed by atoms with Crippen molar-refractivity contribution in [2.75, 3.05) is 0 Å². The first kappa shape index (κ1) is 10.5. The van der Waals surface area contributed by atoms with Gasteiger partial charge in [0.1, 0.15) is 5.75 Å². The number of hydrogen-bond acceptors (Lipinski definition) is 2. The van der Waals surface area contributed by atoms with Crippen LogP contribution in [0.25, 0.3) is 0 Å². The summed E-state index contributed by atoms with van der Waals surface area (Å²) in [6, 6.07) is 3.65. The second-order valence-corrected chi connectivity index (χ2v) is 3.78. The van der Waals surface area contributed by atoms with Crippen LogP contribution in [0.3, 0.4) is 0 Å². The molecule has 0 saturated heterocycles. The minimum absolute atomic E-state index is 0.292. The molecule has 0 radical (unpaired) electrons. The number of rotatable bonds is 3. The van der Waals surface area contributed by atoms with Gasteiger partial charge in [-0.15, -0.1) is 12.6 Å². The molecule has 1 N–H and O–H groups in total. The number of unbranched alkanes of at least 4 members (excludes halogenated alkanes) is 1. The van der Waals surface area contributed by atoms with Crippen LogP contribution in [0.15, 0.2) is 17.0 Å². The van der Waals surface area contributed by atoms with Gasteiger partial charge in [0.15, 0.2) is 0 Å². The van der Waals surface area contributed by atoms with E-state index in [1.54, 1.807) is 6.07 Å². The van der Waals surface area contributed by atoms with E-state index in [-0.39, 0.29) is 0 Å². The van der Waals surface area contributed by atoms with E-state index in [0.717, 1.165) is 17.7 Å². The zero-order valence-corrected chi connectivity index (χ0v) is 9.06. The van der Waals surface area contributed by atoms with Crippen LogP contribution in [0.4, 0.5) is 0 Å². The molecular weight excluding hydrogens is 180 g/mol. The van der Waals surface area contributed by atoms with Gasteiger partial charge < -0.3 is 5.11 Å². The quantitative estimate of drug-likeness (QED) is 0.710. The van der Waals surface area contributed by atoms with Crippen molar-refractivity contribution >= 4 is 12.6 Å². The Morgan fingerprint density at radius 1 is 1.38 bits per heavy atom. The Balaban J connectivity index is 2.96. The third kappa shape index (κ3) is 2.41. The zero-order chi connectivity index (χ0) is 9.84. The molecular formula is C11H16OS. The van der Waals surface area contributed by atoms with Gasteiger partial charge in [-0.05, 0) is 37.0 Å². The smallest absolute Gasteiger partial charge is 0.129 e. The summed E-state index contributed by atoms with van der Waals surface area (Å²) in [5, 5.41) is 9.45. The summed E-state index contributed by atoms with van der Waals surface area (Å²) >= 11 is 4.30. The molecule has 13 heavy (non-hydrogen) atoms. The van der Waals surface area contributed by atoms with Crippen LogP contribution in [-0.2, 0) is 6.42 Å². The number of phenols is 1. The summed E-state index contributed by atoms with van der Waals surface area (Å²) in [5.41, 5.74) is 2.40. The lowest BCUT2D eigenvalue weighted by molar-refractivity contribution is 0.460. The van der Waals surface area contributed by atoms with E-state index in [1.165, 1.54) is 17.5 Å². The molecule has 0 fully saturated rings. The molecule has 0 aromatic heterocycles. The molecule has 0 saturated carbocycles. The average Bonchev–Trinajstić information content (AvgIpc) is 2.12. The highest BCUT2D eigenvalue weighted by molar-refractivity contribution is 7.80. The van der Waals surface area contributed by atoms with E-state index in [2.05, 4.69) is 26.5 Å². The molecule has 2 heteroatoms.